The number of para-hydroxylation sites is 1. The molecule has 0 fully saturated rings. The number of rotatable bonds is 6. The molecule has 0 radical (unpaired) electrons. The van der Waals surface area contributed by atoms with Gasteiger partial charge in [-0.05, 0) is 30.5 Å². The minimum Gasteiger partial charge on any atom is -0.384 e. The summed E-state index contributed by atoms with van der Waals surface area (Å²) in [6.07, 6.45) is 3.87. The number of hydrogen-bond donors (Lipinski definition) is 2. The maximum Gasteiger partial charge on any atom is 0.0419 e. The molecular formula is C13H20N2OS. The third-order valence-electron chi connectivity index (χ3n) is 3.03. The van der Waals surface area contributed by atoms with Gasteiger partial charge >= 0.3 is 0 Å². The molecule has 17 heavy (non-hydrogen) atoms. The molecule has 0 aromatic heterocycles. The second-order valence-corrected chi connectivity index (χ2v) is 5.99. The van der Waals surface area contributed by atoms with Gasteiger partial charge in [0.05, 0.1) is 0 Å². The Morgan fingerprint density at radius 3 is 3.18 bits per heavy atom. The highest BCUT2D eigenvalue weighted by Gasteiger charge is 2.12. The number of fused-ring (bicyclic) bond motifs is 1. The van der Waals surface area contributed by atoms with Gasteiger partial charge in [-0.25, -0.2) is 0 Å². The molecule has 1 unspecified atom stereocenters. The Balaban J connectivity index is 1.80. The van der Waals surface area contributed by atoms with E-state index in [1.165, 1.54) is 16.8 Å². The van der Waals surface area contributed by atoms with Crippen molar-refractivity contribution in [1.29, 1.82) is 0 Å². The summed E-state index contributed by atoms with van der Waals surface area (Å²) in [6, 6.07) is 6.49. The molecule has 0 saturated heterocycles. The van der Waals surface area contributed by atoms with Crippen molar-refractivity contribution in [1.82, 2.24) is 5.32 Å². The quantitative estimate of drug-likeness (QED) is 0.754. The molecular weight excluding hydrogens is 232 g/mol. The first kappa shape index (κ1) is 12.6. The van der Waals surface area contributed by atoms with Crippen LogP contribution in [0.3, 0.4) is 0 Å². The van der Waals surface area contributed by atoms with Gasteiger partial charge in [-0.15, -0.1) is 0 Å². The first-order valence-electron chi connectivity index (χ1n) is 6.13. The van der Waals surface area contributed by atoms with Crippen LogP contribution < -0.4 is 10.6 Å². The van der Waals surface area contributed by atoms with Gasteiger partial charge in [0, 0.05) is 41.6 Å². The lowest BCUT2D eigenvalue weighted by atomic mass is 10.1. The number of anilines is 1. The zero-order valence-corrected chi connectivity index (χ0v) is 11.1. The zero-order chi connectivity index (χ0) is 12.1. The second-order valence-electron chi connectivity index (χ2n) is 4.44. The van der Waals surface area contributed by atoms with E-state index in [0.717, 1.165) is 38.2 Å². The smallest absolute Gasteiger partial charge is 0.0419 e. The maximum atomic E-state index is 10.9. The first-order chi connectivity index (χ1) is 8.27. The third-order valence-corrected chi connectivity index (χ3v) is 3.90. The van der Waals surface area contributed by atoms with Crippen LogP contribution in [0, 0.1) is 0 Å². The van der Waals surface area contributed by atoms with Crippen molar-refractivity contribution in [2.45, 2.75) is 19.4 Å². The Hall–Kier alpha value is -0.870. The van der Waals surface area contributed by atoms with Gasteiger partial charge in [0.15, 0.2) is 0 Å². The summed E-state index contributed by atoms with van der Waals surface area (Å²) in [5.74, 6) is 0.790. The maximum absolute atomic E-state index is 10.9. The normalized spacial score (nSPS) is 15.4. The minimum atomic E-state index is -0.666. The van der Waals surface area contributed by atoms with Gasteiger partial charge in [-0.1, -0.05) is 18.2 Å². The zero-order valence-electron chi connectivity index (χ0n) is 10.3. The number of benzene rings is 1. The molecule has 0 aliphatic carbocycles. The number of nitrogens with one attached hydrogen (secondary N) is 2. The molecule has 4 heteroatoms. The van der Waals surface area contributed by atoms with E-state index in [4.69, 9.17) is 0 Å². The average molecular weight is 252 g/mol. The van der Waals surface area contributed by atoms with Crippen LogP contribution in [0.25, 0.3) is 0 Å². The molecule has 1 aliphatic heterocycles. The lowest BCUT2D eigenvalue weighted by molar-refractivity contribution is 0.662. The van der Waals surface area contributed by atoms with Gasteiger partial charge in [0.25, 0.3) is 0 Å². The van der Waals surface area contributed by atoms with E-state index in [1.54, 1.807) is 6.26 Å². The van der Waals surface area contributed by atoms with Crippen molar-refractivity contribution in [3.8, 4) is 0 Å². The summed E-state index contributed by atoms with van der Waals surface area (Å²) >= 11 is 0. The van der Waals surface area contributed by atoms with Crippen molar-refractivity contribution in [3.63, 3.8) is 0 Å². The van der Waals surface area contributed by atoms with Crippen molar-refractivity contribution < 1.29 is 4.21 Å². The fourth-order valence-corrected chi connectivity index (χ4v) is 2.73. The van der Waals surface area contributed by atoms with E-state index < -0.39 is 10.8 Å². The van der Waals surface area contributed by atoms with Crippen molar-refractivity contribution in [3.05, 3.63) is 29.3 Å². The predicted octanol–water partition coefficient (Wildman–Crippen LogP) is 1.51. The summed E-state index contributed by atoms with van der Waals surface area (Å²) in [6.45, 7) is 2.89. The highest BCUT2D eigenvalue weighted by atomic mass is 32.2. The topological polar surface area (TPSA) is 41.1 Å². The van der Waals surface area contributed by atoms with Crippen LogP contribution in [0.1, 0.15) is 17.5 Å². The lowest BCUT2D eigenvalue weighted by Gasteiger charge is -2.09. The molecule has 0 spiro atoms. The van der Waals surface area contributed by atoms with Gasteiger partial charge in [-0.2, -0.15) is 0 Å². The minimum absolute atomic E-state index is 0.666. The van der Waals surface area contributed by atoms with Crippen LogP contribution in [-0.2, 0) is 23.8 Å². The lowest BCUT2D eigenvalue weighted by Crippen LogP contribution is -2.17. The molecule has 0 saturated carbocycles. The molecule has 1 aliphatic rings. The Kier molecular flexibility index (Phi) is 4.57. The fraction of sp³-hybridized carbons (Fsp3) is 0.538. The van der Waals surface area contributed by atoms with E-state index in [0.29, 0.717) is 0 Å². The molecule has 1 aromatic rings. The van der Waals surface area contributed by atoms with E-state index in [1.807, 2.05) is 0 Å². The third kappa shape index (κ3) is 3.54. The van der Waals surface area contributed by atoms with E-state index in [-0.39, 0.29) is 0 Å². The Labute approximate surface area is 105 Å². The van der Waals surface area contributed by atoms with Crippen molar-refractivity contribution in [2.24, 2.45) is 0 Å². The van der Waals surface area contributed by atoms with Crippen LogP contribution in [-0.4, -0.2) is 29.3 Å². The van der Waals surface area contributed by atoms with E-state index >= 15 is 0 Å². The van der Waals surface area contributed by atoms with Crippen LogP contribution in [0.5, 0.6) is 0 Å². The van der Waals surface area contributed by atoms with Crippen LogP contribution in [0.15, 0.2) is 18.2 Å². The van der Waals surface area contributed by atoms with Crippen LogP contribution >= 0.6 is 0 Å². The molecule has 0 amide bonds. The molecule has 2 N–H and O–H groups in total. The molecule has 1 aromatic carbocycles. The molecule has 1 heterocycles. The Morgan fingerprint density at radius 1 is 1.47 bits per heavy atom. The highest BCUT2D eigenvalue weighted by Crippen LogP contribution is 2.25. The van der Waals surface area contributed by atoms with Crippen molar-refractivity contribution >= 4 is 16.5 Å². The molecule has 0 bridgehead atoms. The second kappa shape index (κ2) is 6.17. The highest BCUT2D eigenvalue weighted by molar-refractivity contribution is 7.84. The first-order valence-corrected chi connectivity index (χ1v) is 7.85. The monoisotopic (exact) mass is 252 g/mol. The van der Waals surface area contributed by atoms with Crippen LogP contribution in [0.4, 0.5) is 5.69 Å². The van der Waals surface area contributed by atoms with Gasteiger partial charge < -0.3 is 10.6 Å². The molecule has 94 valence electrons. The van der Waals surface area contributed by atoms with Crippen molar-refractivity contribution in [2.75, 3.05) is 30.4 Å². The SMILES string of the molecule is CS(=O)CCCNCc1cccc2c1NCC2. The molecule has 3 nitrogen and oxygen atoms in total. The predicted molar refractivity (Wildman–Crippen MR) is 73.9 cm³/mol. The number of hydrogen-bond acceptors (Lipinski definition) is 3. The summed E-state index contributed by atoms with van der Waals surface area (Å²) in [7, 11) is -0.666. The van der Waals surface area contributed by atoms with E-state index in [9.17, 15) is 4.21 Å². The Bertz CT molecular complexity index is 406. The molecule has 1 atom stereocenters. The Morgan fingerprint density at radius 2 is 2.35 bits per heavy atom. The largest absolute Gasteiger partial charge is 0.384 e. The summed E-state index contributed by atoms with van der Waals surface area (Å²) in [5, 5.41) is 6.85. The standard InChI is InChI=1S/C13H20N2OS/c1-17(16)9-3-7-14-10-12-5-2-4-11-6-8-15-13(11)12/h2,4-5,14-15H,3,6-10H2,1H3. The van der Waals surface area contributed by atoms with Crippen LogP contribution in [0.2, 0.25) is 0 Å². The summed E-state index contributed by atoms with van der Waals surface area (Å²) in [4.78, 5) is 0. The fourth-order valence-electron chi connectivity index (χ4n) is 2.18. The van der Waals surface area contributed by atoms with Gasteiger partial charge in [-0.3, -0.25) is 4.21 Å². The van der Waals surface area contributed by atoms with Gasteiger partial charge in [0.1, 0.15) is 0 Å². The van der Waals surface area contributed by atoms with Gasteiger partial charge in [0.2, 0.25) is 0 Å². The van der Waals surface area contributed by atoms with E-state index in [2.05, 4.69) is 28.8 Å². The molecule has 2 rings (SSSR count). The average Bonchev–Trinajstić information content (AvgIpc) is 2.77. The summed E-state index contributed by atoms with van der Waals surface area (Å²) < 4.78 is 10.9. The summed E-state index contributed by atoms with van der Waals surface area (Å²) in [5.41, 5.74) is 4.09.